The van der Waals surface area contributed by atoms with Crippen molar-refractivity contribution in [3.63, 3.8) is 0 Å². The van der Waals surface area contributed by atoms with Crippen LogP contribution in [-0.2, 0) is 0 Å². The highest BCUT2D eigenvalue weighted by Crippen LogP contribution is 2.29. The molecule has 0 amide bonds. The van der Waals surface area contributed by atoms with Crippen molar-refractivity contribution in [2.45, 2.75) is 0 Å². The van der Waals surface area contributed by atoms with Crippen molar-refractivity contribution in [2.75, 3.05) is 0 Å². The molecule has 2 aromatic heterocycles. The second kappa shape index (κ2) is 7.22. The van der Waals surface area contributed by atoms with Crippen molar-refractivity contribution in [1.82, 2.24) is 4.98 Å². The molecule has 0 saturated heterocycles. The Bertz CT molecular complexity index is 1070. The summed E-state index contributed by atoms with van der Waals surface area (Å²) in [6, 6.07) is 24.4. The molecule has 0 saturated carbocycles. The Morgan fingerprint density at radius 2 is 1.65 bits per heavy atom. The molecule has 4 heteroatoms. The molecular weight excluding hydrogens is 340 g/mol. The fourth-order valence-electron chi connectivity index (χ4n) is 2.65. The van der Waals surface area contributed by atoms with E-state index < -0.39 is 0 Å². The van der Waals surface area contributed by atoms with E-state index in [-0.39, 0.29) is 0 Å². The average Bonchev–Trinajstić information content (AvgIpc) is 3.39. The fraction of sp³-hybridized carbons (Fsp3) is 0. The summed E-state index contributed by atoms with van der Waals surface area (Å²) in [5, 5.41) is 12.1. The van der Waals surface area contributed by atoms with Crippen LogP contribution < -0.4 is 0 Å². The Morgan fingerprint density at radius 3 is 2.35 bits per heavy atom. The van der Waals surface area contributed by atoms with E-state index in [1.165, 1.54) is 22.5 Å². The number of hydrogen-bond donors (Lipinski definition) is 0. The molecule has 0 bridgehead atoms. The number of hydrogen-bond acceptors (Lipinski definition) is 4. The van der Waals surface area contributed by atoms with Crippen LogP contribution in [0.25, 0.3) is 34.0 Å². The predicted octanol–water partition coefficient (Wildman–Crippen LogP) is 6.13. The SMILES string of the molecule is N#C/C(=C/c1ccco1)c1nc(-c2ccc(-c3ccccc3)cc2)cs1. The number of benzene rings is 2. The minimum absolute atomic E-state index is 0.497. The monoisotopic (exact) mass is 354 g/mol. The fourth-order valence-corrected chi connectivity index (χ4v) is 3.45. The third kappa shape index (κ3) is 3.34. The lowest BCUT2D eigenvalue weighted by Gasteiger charge is -2.02. The van der Waals surface area contributed by atoms with Crippen LogP contribution in [0.5, 0.6) is 0 Å². The van der Waals surface area contributed by atoms with Crippen LogP contribution >= 0.6 is 11.3 Å². The van der Waals surface area contributed by atoms with E-state index in [1.54, 1.807) is 18.4 Å². The van der Waals surface area contributed by atoms with Gasteiger partial charge in [0.25, 0.3) is 0 Å². The third-order valence-corrected chi connectivity index (χ3v) is 4.85. The molecule has 26 heavy (non-hydrogen) atoms. The maximum Gasteiger partial charge on any atom is 0.134 e. The van der Waals surface area contributed by atoms with E-state index >= 15 is 0 Å². The molecule has 4 rings (SSSR count). The van der Waals surface area contributed by atoms with Gasteiger partial charge in [0.05, 0.1) is 17.5 Å². The van der Waals surface area contributed by atoms with Crippen LogP contribution in [0.3, 0.4) is 0 Å². The number of nitriles is 1. The van der Waals surface area contributed by atoms with Gasteiger partial charge in [-0.05, 0) is 23.3 Å². The number of rotatable bonds is 4. The minimum atomic E-state index is 0.497. The summed E-state index contributed by atoms with van der Waals surface area (Å²) in [4.78, 5) is 4.62. The first-order valence-electron chi connectivity index (χ1n) is 8.10. The molecular formula is C22H14N2OS. The molecule has 0 aliphatic heterocycles. The van der Waals surface area contributed by atoms with Crippen molar-refractivity contribution >= 4 is 23.0 Å². The van der Waals surface area contributed by atoms with Gasteiger partial charge in [-0.3, -0.25) is 0 Å². The molecule has 0 atom stereocenters. The first-order valence-corrected chi connectivity index (χ1v) is 8.98. The van der Waals surface area contributed by atoms with Crippen molar-refractivity contribution in [1.29, 1.82) is 5.26 Å². The third-order valence-electron chi connectivity index (χ3n) is 3.97. The number of furan rings is 1. The van der Waals surface area contributed by atoms with Crippen molar-refractivity contribution in [2.24, 2.45) is 0 Å². The predicted molar refractivity (Wildman–Crippen MR) is 105 cm³/mol. The van der Waals surface area contributed by atoms with E-state index in [2.05, 4.69) is 47.5 Å². The van der Waals surface area contributed by atoms with Crippen LogP contribution in [-0.4, -0.2) is 4.98 Å². The van der Waals surface area contributed by atoms with Gasteiger partial charge in [0.1, 0.15) is 16.8 Å². The van der Waals surface area contributed by atoms with Crippen LogP contribution in [0.2, 0.25) is 0 Å². The lowest BCUT2D eigenvalue weighted by molar-refractivity contribution is 0.557. The smallest absolute Gasteiger partial charge is 0.134 e. The van der Waals surface area contributed by atoms with Crippen molar-refractivity contribution < 1.29 is 4.42 Å². The summed E-state index contributed by atoms with van der Waals surface area (Å²) < 4.78 is 5.28. The standard InChI is InChI=1S/C22H14N2OS/c23-14-19(13-20-7-4-12-25-20)22-24-21(15-26-22)18-10-8-17(9-11-18)16-5-2-1-3-6-16/h1-13,15H/b19-13-. The van der Waals surface area contributed by atoms with Crippen LogP contribution in [0, 0.1) is 11.3 Å². The number of allylic oxidation sites excluding steroid dienone is 1. The average molecular weight is 354 g/mol. The normalized spacial score (nSPS) is 11.3. The van der Waals surface area contributed by atoms with E-state index in [1.807, 2.05) is 29.6 Å². The highest BCUT2D eigenvalue weighted by molar-refractivity contribution is 7.11. The zero-order valence-corrected chi connectivity index (χ0v) is 14.6. The van der Waals surface area contributed by atoms with Gasteiger partial charge in [-0.2, -0.15) is 5.26 Å². The number of nitrogens with zero attached hydrogens (tertiary/aromatic N) is 2. The number of thiazole rings is 1. The molecule has 0 aliphatic carbocycles. The van der Waals surface area contributed by atoms with Crippen LogP contribution in [0.4, 0.5) is 0 Å². The summed E-state index contributed by atoms with van der Waals surface area (Å²) in [6.07, 6.45) is 3.30. The lowest BCUT2D eigenvalue weighted by atomic mass is 10.0. The van der Waals surface area contributed by atoms with Crippen molar-refractivity contribution in [3.8, 4) is 28.5 Å². The largest absolute Gasteiger partial charge is 0.465 e. The molecule has 0 unspecified atom stereocenters. The Labute approximate surface area is 155 Å². The maximum absolute atomic E-state index is 9.43. The highest BCUT2D eigenvalue weighted by Gasteiger charge is 2.10. The summed E-state index contributed by atoms with van der Waals surface area (Å²) in [5.74, 6) is 0.644. The van der Waals surface area contributed by atoms with Gasteiger partial charge >= 0.3 is 0 Å². The Morgan fingerprint density at radius 1 is 0.923 bits per heavy atom. The molecule has 0 N–H and O–H groups in total. The van der Waals surface area contributed by atoms with Crippen LogP contribution in [0.1, 0.15) is 10.8 Å². The Hall–Kier alpha value is -3.42. The Balaban J connectivity index is 1.61. The van der Waals surface area contributed by atoms with E-state index in [0.717, 1.165) is 11.3 Å². The summed E-state index contributed by atoms with van der Waals surface area (Å²) in [5.41, 5.74) is 4.75. The number of aromatic nitrogens is 1. The first-order chi connectivity index (χ1) is 12.8. The highest BCUT2D eigenvalue weighted by atomic mass is 32.1. The molecule has 0 radical (unpaired) electrons. The van der Waals surface area contributed by atoms with Gasteiger partial charge in [0.2, 0.25) is 0 Å². The van der Waals surface area contributed by atoms with Gasteiger partial charge in [-0.25, -0.2) is 4.98 Å². The molecule has 0 spiro atoms. The zero-order valence-electron chi connectivity index (χ0n) is 13.8. The van der Waals surface area contributed by atoms with Gasteiger partial charge in [0.15, 0.2) is 0 Å². The molecule has 2 heterocycles. The summed E-state index contributed by atoms with van der Waals surface area (Å²) >= 11 is 1.46. The van der Waals surface area contributed by atoms with E-state index in [0.29, 0.717) is 16.3 Å². The van der Waals surface area contributed by atoms with Gasteiger partial charge in [-0.1, -0.05) is 54.6 Å². The molecule has 2 aromatic carbocycles. The quantitative estimate of drug-likeness (QED) is 0.414. The minimum Gasteiger partial charge on any atom is -0.465 e. The van der Waals surface area contributed by atoms with Gasteiger partial charge < -0.3 is 4.42 Å². The zero-order chi connectivity index (χ0) is 17.8. The molecule has 4 aromatic rings. The summed E-state index contributed by atoms with van der Waals surface area (Å²) in [6.45, 7) is 0. The maximum atomic E-state index is 9.43. The second-order valence-corrected chi connectivity index (χ2v) is 6.52. The van der Waals surface area contributed by atoms with E-state index in [9.17, 15) is 5.26 Å². The molecule has 124 valence electrons. The lowest BCUT2D eigenvalue weighted by Crippen LogP contribution is -1.83. The Kier molecular flexibility index (Phi) is 4.46. The van der Waals surface area contributed by atoms with Crippen LogP contribution in [0.15, 0.2) is 82.8 Å². The molecule has 0 aliphatic rings. The molecule has 3 nitrogen and oxygen atoms in total. The van der Waals surface area contributed by atoms with Gasteiger partial charge in [0, 0.05) is 17.0 Å². The molecule has 0 fully saturated rings. The van der Waals surface area contributed by atoms with E-state index in [4.69, 9.17) is 4.42 Å². The van der Waals surface area contributed by atoms with Gasteiger partial charge in [-0.15, -0.1) is 11.3 Å². The topological polar surface area (TPSA) is 49.8 Å². The second-order valence-electron chi connectivity index (χ2n) is 5.67. The van der Waals surface area contributed by atoms with Crippen molar-refractivity contribution in [3.05, 3.63) is 89.1 Å². The first kappa shape index (κ1) is 16.1. The summed E-state index contributed by atoms with van der Waals surface area (Å²) in [7, 11) is 0.